The predicted octanol–water partition coefficient (Wildman–Crippen LogP) is 3.67. The first-order valence-electron chi connectivity index (χ1n) is 9.00. The summed E-state index contributed by atoms with van der Waals surface area (Å²) in [4.78, 5) is 25.8. The fourth-order valence-electron chi connectivity index (χ4n) is 2.83. The molecule has 0 spiro atoms. The molecule has 0 atom stereocenters. The number of rotatable bonds is 7. The summed E-state index contributed by atoms with van der Waals surface area (Å²) in [6.45, 7) is 1.09. The number of hydrogen-bond acceptors (Lipinski definition) is 6. The number of nitrogens with one attached hydrogen (secondary N) is 2. The molecule has 3 heterocycles. The van der Waals surface area contributed by atoms with E-state index in [1.165, 1.54) is 16.9 Å². The SMILES string of the molecule is O=C(NCCc1ccccc1)c1nc(NCc2cccnc2)nc2ccsc12. The van der Waals surface area contributed by atoms with E-state index in [4.69, 9.17) is 0 Å². The van der Waals surface area contributed by atoms with Crippen molar-refractivity contribution in [3.05, 3.63) is 83.1 Å². The van der Waals surface area contributed by atoms with E-state index < -0.39 is 0 Å². The number of nitrogens with zero attached hydrogens (tertiary/aromatic N) is 3. The first kappa shape index (κ1) is 18.1. The van der Waals surface area contributed by atoms with E-state index in [-0.39, 0.29) is 5.91 Å². The second-order valence-corrected chi connectivity index (χ2v) is 7.15. The summed E-state index contributed by atoms with van der Waals surface area (Å²) < 4.78 is 0.795. The Bertz CT molecular complexity index is 1070. The van der Waals surface area contributed by atoms with E-state index in [9.17, 15) is 4.79 Å². The largest absolute Gasteiger partial charge is 0.350 e. The average molecular weight is 389 g/mol. The van der Waals surface area contributed by atoms with Gasteiger partial charge in [0, 0.05) is 25.5 Å². The minimum Gasteiger partial charge on any atom is -0.350 e. The predicted molar refractivity (Wildman–Crippen MR) is 111 cm³/mol. The van der Waals surface area contributed by atoms with E-state index in [0.717, 1.165) is 22.2 Å². The van der Waals surface area contributed by atoms with E-state index in [2.05, 4.69) is 37.7 Å². The molecule has 28 heavy (non-hydrogen) atoms. The Morgan fingerprint density at radius 3 is 2.68 bits per heavy atom. The molecule has 3 aromatic heterocycles. The van der Waals surface area contributed by atoms with Crippen LogP contribution in [0.3, 0.4) is 0 Å². The van der Waals surface area contributed by atoms with Gasteiger partial charge in [0.15, 0.2) is 5.69 Å². The number of anilines is 1. The molecule has 0 fully saturated rings. The molecule has 0 saturated carbocycles. The molecule has 4 aromatic rings. The van der Waals surface area contributed by atoms with Crippen molar-refractivity contribution in [1.82, 2.24) is 20.3 Å². The maximum Gasteiger partial charge on any atom is 0.271 e. The van der Waals surface area contributed by atoms with Crippen LogP contribution < -0.4 is 10.6 Å². The normalized spacial score (nSPS) is 10.7. The maximum absolute atomic E-state index is 12.7. The summed E-state index contributed by atoms with van der Waals surface area (Å²) in [5.41, 5.74) is 3.37. The molecule has 0 radical (unpaired) electrons. The van der Waals surface area contributed by atoms with Gasteiger partial charge in [0.2, 0.25) is 5.95 Å². The summed E-state index contributed by atoms with van der Waals surface area (Å²) in [6, 6.07) is 15.8. The van der Waals surface area contributed by atoms with Gasteiger partial charge < -0.3 is 10.6 Å². The molecule has 0 aliphatic carbocycles. The third-order valence-electron chi connectivity index (χ3n) is 4.23. The van der Waals surface area contributed by atoms with Crippen molar-refractivity contribution in [2.24, 2.45) is 0 Å². The molecule has 7 heteroatoms. The van der Waals surface area contributed by atoms with Gasteiger partial charge in [-0.25, -0.2) is 9.97 Å². The van der Waals surface area contributed by atoms with Crippen LogP contribution in [0.5, 0.6) is 0 Å². The van der Waals surface area contributed by atoms with Gasteiger partial charge in [-0.2, -0.15) is 0 Å². The van der Waals surface area contributed by atoms with Crippen molar-refractivity contribution in [3.63, 3.8) is 0 Å². The van der Waals surface area contributed by atoms with Crippen LogP contribution in [0.1, 0.15) is 21.6 Å². The second kappa shape index (κ2) is 8.58. The van der Waals surface area contributed by atoms with E-state index in [1.54, 1.807) is 12.4 Å². The molecule has 0 aliphatic rings. The van der Waals surface area contributed by atoms with Crippen LogP contribution in [0.25, 0.3) is 10.2 Å². The van der Waals surface area contributed by atoms with E-state index in [1.807, 2.05) is 41.8 Å². The fourth-order valence-corrected chi connectivity index (χ4v) is 3.65. The highest BCUT2D eigenvalue weighted by molar-refractivity contribution is 7.17. The number of fused-ring (bicyclic) bond motifs is 1. The molecule has 1 amide bonds. The summed E-state index contributed by atoms with van der Waals surface area (Å²) in [5, 5.41) is 8.07. The van der Waals surface area contributed by atoms with E-state index >= 15 is 0 Å². The van der Waals surface area contributed by atoms with Crippen LogP contribution in [0.2, 0.25) is 0 Å². The van der Waals surface area contributed by atoms with Gasteiger partial charge in [-0.05, 0) is 35.1 Å². The van der Waals surface area contributed by atoms with Gasteiger partial charge in [0.25, 0.3) is 5.91 Å². The van der Waals surface area contributed by atoms with Crippen LogP contribution >= 0.6 is 11.3 Å². The van der Waals surface area contributed by atoms with Crippen LogP contribution in [-0.2, 0) is 13.0 Å². The Balaban J connectivity index is 1.47. The average Bonchev–Trinajstić information content (AvgIpc) is 3.22. The maximum atomic E-state index is 12.7. The van der Waals surface area contributed by atoms with Crippen molar-refractivity contribution in [2.75, 3.05) is 11.9 Å². The molecule has 2 N–H and O–H groups in total. The zero-order valence-electron chi connectivity index (χ0n) is 15.1. The van der Waals surface area contributed by atoms with Crippen LogP contribution in [0, 0.1) is 0 Å². The Labute approximate surface area is 166 Å². The van der Waals surface area contributed by atoms with Gasteiger partial charge >= 0.3 is 0 Å². The smallest absolute Gasteiger partial charge is 0.271 e. The molecular weight excluding hydrogens is 370 g/mol. The Morgan fingerprint density at radius 1 is 1.00 bits per heavy atom. The topological polar surface area (TPSA) is 79.8 Å². The lowest BCUT2D eigenvalue weighted by Gasteiger charge is -2.09. The monoisotopic (exact) mass is 389 g/mol. The minimum absolute atomic E-state index is 0.185. The molecule has 0 saturated heterocycles. The zero-order valence-corrected chi connectivity index (χ0v) is 15.9. The van der Waals surface area contributed by atoms with Crippen LogP contribution in [-0.4, -0.2) is 27.4 Å². The fraction of sp³-hybridized carbons (Fsp3) is 0.143. The highest BCUT2D eigenvalue weighted by atomic mass is 32.1. The van der Waals surface area contributed by atoms with Gasteiger partial charge in [0.1, 0.15) is 0 Å². The lowest BCUT2D eigenvalue weighted by Crippen LogP contribution is -2.27. The van der Waals surface area contributed by atoms with Gasteiger partial charge in [0.05, 0.1) is 10.2 Å². The van der Waals surface area contributed by atoms with Gasteiger partial charge in [-0.15, -0.1) is 11.3 Å². The number of benzene rings is 1. The number of carbonyl (C=O) groups excluding carboxylic acids is 1. The van der Waals surface area contributed by atoms with Crippen LogP contribution in [0.4, 0.5) is 5.95 Å². The Kier molecular flexibility index (Phi) is 5.53. The molecular formula is C21H19N5OS. The molecule has 140 valence electrons. The number of aromatic nitrogens is 3. The zero-order chi connectivity index (χ0) is 19.2. The second-order valence-electron chi connectivity index (χ2n) is 6.24. The van der Waals surface area contributed by atoms with Crippen molar-refractivity contribution >= 4 is 33.4 Å². The first-order valence-corrected chi connectivity index (χ1v) is 9.88. The highest BCUT2D eigenvalue weighted by Crippen LogP contribution is 2.23. The lowest BCUT2D eigenvalue weighted by atomic mass is 10.1. The standard InChI is InChI=1S/C21H19N5OS/c27-20(23-11-8-15-5-2-1-3-6-15)18-19-17(9-12-28-19)25-21(26-18)24-14-16-7-4-10-22-13-16/h1-7,9-10,12-13H,8,11,14H2,(H,23,27)(H,24,25,26). The third-order valence-corrected chi connectivity index (χ3v) is 5.14. The highest BCUT2D eigenvalue weighted by Gasteiger charge is 2.16. The third kappa shape index (κ3) is 4.32. The van der Waals surface area contributed by atoms with Crippen LogP contribution in [0.15, 0.2) is 66.3 Å². The number of pyridine rings is 1. The van der Waals surface area contributed by atoms with Gasteiger partial charge in [-0.3, -0.25) is 9.78 Å². The molecule has 0 unspecified atom stereocenters. The lowest BCUT2D eigenvalue weighted by molar-refractivity contribution is 0.0951. The Morgan fingerprint density at radius 2 is 1.86 bits per heavy atom. The van der Waals surface area contributed by atoms with Crippen molar-refractivity contribution in [2.45, 2.75) is 13.0 Å². The van der Waals surface area contributed by atoms with Gasteiger partial charge in [-0.1, -0.05) is 36.4 Å². The minimum atomic E-state index is -0.185. The van der Waals surface area contributed by atoms with Crippen molar-refractivity contribution in [3.8, 4) is 0 Å². The van der Waals surface area contributed by atoms with Crippen molar-refractivity contribution < 1.29 is 4.79 Å². The number of thiophene rings is 1. The summed E-state index contributed by atoms with van der Waals surface area (Å²) >= 11 is 1.47. The van der Waals surface area contributed by atoms with E-state index in [0.29, 0.717) is 24.7 Å². The number of amides is 1. The molecule has 0 aliphatic heterocycles. The molecule has 4 rings (SSSR count). The Hall–Kier alpha value is -3.32. The molecule has 0 bridgehead atoms. The van der Waals surface area contributed by atoms with Crippen molar-refractivity contribution in [1.29, 1.82) is 0 Å². The number of carbonyl (C=O) groups is 1. The first-order chi connectivity index (χ1) is 13.8. The summed E-state index contributed by atoms with van der Waals surface area (Å²) in [7, 11) is 0. The quantitative estimate of drug-likeness (QED) is 0.504. The summed E-state index contributed by atoms with van der Waals surface area (Å²) in [5.74, 6) is 0.248. The molecule has 1 aromatic carbocycles. The summed E-state index contributed by atoms with van der Waals surface area (Å²) in [6.07, 6.45) is 4.29. The number of hydrogen-bond donors (Lipinski definition) is 2. The molecule has 6 nitrogen and oxygen atoms in total.